The molecule has 0 saturated carbocycles. The first-order chi connectivity index (χ1) is 12.0. The van der Waals surface area contributed by atoms with Gasteiger partial charge in [0.1, 0.15) is 5.70 Å². The summed E-state index contributed by atoms with van der Waals surface area (Å²) < 4.78 is 0. The van der Waals surface area contributed by atoms with E-state index in [0.29, 0.717) is 16.4 Å². The van der Waals surface area contributed by atoms with Crippen LogP contribution in [-0.4, -0.2) is 20.8 Å². The lowest BCUT2D eigenvalue weighted by atomic mass is 10.1. The van der Waals surface area contributed by atoms with Crippen LogP contribution in [0.5, 0.6) is 0 Å². The molecule has 126 valence electrons. The van der Waals surface area contributed by atoms with Gasteiger partial charge in [-0.25, -0.2) is 0 Å². The molecule has 1 unspecified atom stereocenters. The molecular weight excluding hydrogens is 338 g/mol. The molecule has 3 rings (SSSR count). The number of hydrogen-bond acceptors (Lipinski definition) is 4. The van der Waals surface area contributed by atoms with Gasteiger partial charge in [-0.1, -0.05) is 42.5 Å². The highest BCUT2D eigenvalue weighted by atomic mass is 32.1. The summed E-state index contributed by atoms with van der Waals surface area (Å²) >= 11 is 5.30. The Bertz CT molecular complexity index is 880. The molecule has 1 saturated heterocycles. The molecule has 0 aromatic heterocycles. The van der Waals surface area contributed by atoms with Crippen molar-refractivity contribution < 1.29 is 9.72 Å². The van der Waals surface area contributed by atoms with Crippen molar-refractivity contribution in [3.63, 3.8) is 0 Å². The number of nitrogens with zero attached hydrogens (tertiary/aromatic N) is 2. The smallest absolute Gasteiger partial charge is 0.277 e. The Morgan fingerprint density at radius 2 is 1.92 bits per heavy atom. The summed E-state index contributed by atoms with van der Waals surface area (Å²) in [5, 5.41) is 14.1. The number of thiocarbonyl (C=S) groups is 1. The van der Waals surface area contributed by atoms with Crippen molar-refractivity contribution >= 4 is 35.0 Å². The van der Waals surface area contributed by atoms with Crippen molar-refractivity contribution in [2.45, 2.75) is 13.0 Å². The minimum Gasteiger partial charge on any atom is -0.328 e. The Kier molecular flexibility index (Phi) is 4.58. The van der Waals surface area contributed by atoms with Gasteiger partial charge in [0, 0.05) is 12.1 Å². The molecule has 0 bridgehead atoms. The van der Waals surface area contributed by atoms with Crippen molar-refractivity contribution in [1.29, 1.82) is 0 Å². The van der Waals surface area contributed by atoms with Crippen LogP contribution in [0, 0.1) is 10.1 Å². The minimum absolute atomic E-state index is 0.0307. The number of non-ortho nitro benzene ring substituents is 1. The van der Waals surface area contributed by atoms with Crippen LogP contribution < -0.4 is 5.32 Å². The monoisotopic (exact) mass is 353 g/mol. The second kappa shape index (κ2) is 6.82. The van der Waals surface area contributed by atoms with Gasteiger partial charge < -0.3 is 5.32 Å². The van der Waals surface area contributed by atoms with E-state index in [1.54, 1.807) is 18.2 Å². The molecule has 2 aromatic rings. The first-order valence-corrected chi connectivity index (χ1v) is 8.04. The highest BCUT2D eigenvalue weighted by Gasteiger charge is 2.34. The third-order valence-corrected chi connectivity index (χ3v) is 4.27. The molecule has 1 amide bonds. The topological polar surface area (TPSA) is 75.5 Å². The number of nitrogens with one attached hydrogen (secondary N) is 1. The van der Waals surface area contributed by atoms with E-state index in [4.69, 9.17) is 12.2 Å². The Morgan fingerprint density at radius 1 is 1.20 bits per heavy atom. The van der Waals surface area contributed by atoms with E-state index in [1.807, 2.05) is 37.3 Å². The molecule has 1 atom stereocenters. The zero-order valence-electron chi connectivity index (χ0n) is 13.4. The van der Waals surface area contributed by atoms with Gasteiger partial charge in [0.25, 0.3) is 11.6 Å². The molecule has 1 aliphatic rings. The minimum atomic E-state index is -0.472. The van der Waals surface area contributed by atoms with Crippen molar-refractivity contribution in [1.82, 2.24) is 10.2 Å². The number of hydrogen-bond donors (Lipinski definition) is 1. The largest absolute Gasteiger partial charge is 0.328 e. The SMILES string of the molecule is CC(c1ccccc1)N1C(=O)/C(=C/c2cccc([N+](=O)[O-])c2)NC1=S. The number of carbonyl (C=O) groups excluding carboxylic acids is 1. The zero-order valence-corrected chi connectivity index (χ0v) is 14.2. The molecule has 7 heteroatoms. The van der Waals surface area contributed by atoms with E-state index < -0.39 is 4.92 Å². The number of benzene rings is 2. The van der Waals surface area contributed by atoms with E-state index in [9.17, 15) is 14.9 Å². The lowest BCUT2D eigenvalue weighted by molar-refractivity contribution is -0.384. The van der Waals surface area contributed by atoms with Crippen molar-refractivity contribution in [2.75, 3.05) is 0 Å². The lowest BCUT2D eigenvalue weighted by Gasteiger charge is -2.23. The fraction of sp³-hybridized carbons (Fsp3) is 0.111. The van der Waals surface area contributed by atoms with E-state index in [0.717, 1.165) is 5.56 Å². The van der Waals surface area contributed by atoms with Crippen LogP contribution in [-0.2, 0) is 4.79 Å². The van der Waals surface area contributed by atoms with Crippen molar-refractivity contribution in [2.24, 2.45) is 0 Å². The summed E-state index contributed by atoms with van der Waals surface area (Å²) in [6.45, 7) is 1.90. The highest BCUT2D eigenvalue weighted by Crippen LogP contribution is 2.26. The molecule has 1 heterocycles. The first kappa shape index (κ1) is 16.8. The second-order valence-corrected chi connectivity index (χ2v) is 5.99. The van der Waals surface area contributed by atoms with Crippen LogP contribution in [0.2, 0.25) is 0 Å². The number of carbonyl (C=O) groups is 1. The van der Waals surface area contributed by atoms with Gasteiger partial charge in [-0.2, -0.15) is 0 Å². The fourth-order valence-corrected chi connectivity index (χ4v) is 3.03. The maximum Gasteiger partial charge on any atom is 0.277 e. The van der Waals surface area contributed by atoms with Crippen LogP contribution in [0.3, 0.4) is 0 Å². The maximum absolute atomic E-state index is 12.7. The van der Waals surface area contributed by atoms with Gasteiger partial charge >= 0.3 is 0 Å². The Labute approximate surface area is 149 Å². The fourth-order valence-electron chi connectivity index (χ4n) is 2.68. The quantitative estimate of drug-likeness (QED) is 0.394. The van der Waals surface area contributed by atoms with E-state index in [1.165, 1.54) is 17.0 Å². The summed E-state index contributed by atoms with van der Waals surface area (Å²) in [6, 6.07) is 15.5. The third kappa shape index (κ3) is 3.41. The third-order valence-electron chi connectivity index (χ3n) is 3.97. The lowest BCUT2D eigenvalue weighted by Crippen LogP contribution is -2.33. The van der Waals surface area contributed by atoms with Gasteiger partial charge in [0.05, 0.1) is 11.0 Å². The first-order valence-electron chi connectivity index (χ1n) is 7.63. The number of amides is 1. The van der Waals surface area contributed by atoms with Gasteiger partial charge in [-0.3, -0.25) is 19.8 Å². The molecule has 1 fully saturated rings. The molecule has 1 N–H and O–H groups in total. The summed E-state index contributed by atoms with van der Waals surface area (Å²) in [5.41, 5.74) is 1.80. The highest BCUT2D eigenvalue weighted by molar-refractivity contribution is 7.80. The predicted molar refractivity (Wildman–Crippen MR) is 98.5 cm³/mol. The van der Waals surface area contributed by atoms with Gasteiger partial charge in [-0.05, 0) is 36.3 Å². The van der Waals surface area contributed by atoms with Gasteiger partial charge in [-0.15, -0.1) is 0 Å². The normalized spacial score (nSPS) is 16.8. The maximum atomic E-state index is 12.7. The molecule has 6 nitrogen and oxygen atoms in total. The number of rotatable bonds is 4. The molecule has 0 aliphatic carbocycles. The average Bonchev–Trinajstić information content (AvgIpc) is 2.89. The van der Waals surface area contributed by atoms with E-state index in [2.05, 4.69) is 5.32 Å². The van der Waals surface area contributed by atoms with Crippen LogP contribution in [0.25, 0.3) is 6.08 Å². The predicted octanol–water partition coefficient (Wildman–Crippen LogP) is 3.41. The van der Waals surface area contributed by atoms with Crippen molar-refractivity contribution in [3.8, 4) is 0 Å². The molecular formula is C18H15N3O3S. The van der Waals surface area contributed by atoms with E-state index >= 15 is 0 Å². The Morgan fingerprint density at radius 3 is 2.60 bits per heavy atom. The molecule has 25 heavy (non-hydrogen) atoms. The summed E-state index contributed by atoms with van der Waals surface area (Å²) in [7, 11) is 0. The average molecular weight is 353 g/mol. The Hall–Kier alpha value is -3.06. The molecule has 2 aromatic carbocycles. The molecule has 0 spiro atoms. The van der Waals surface area contributed by atoms with Crippen LogP contribution >= 0.6 is 12.2 Å². The Balaban J connectivity index is 1.88. The second-order valence-electron chi connectivity index (χ2n) is 5.60. The molecule has 1 aliphatic heterocycles. The van der Waals surface area contributed by atoms with Crippen LogP contribution in [0.4, 0.5) is 5.69 Å². The van der Waals surface area contributed by atoms with Crippen LogP contribution in [0.15, 0.2) is 60.3 Å². The van der Waals surface area contributed by atoms with Gasteiger partial charge in [0.2, 0.25) is 0 Å². The summed E-state index contributed by atoms with van der Waals surface area (Å²) in [4.78, 5) is 24.6. The van der Waals surface area contributed by atoms with Gasteiger partial charge in [0.15, 0.2) is 5.11 Å². The summed E-state index contributed by atoms with van der Waals surface area (Å²) in [5.74, 6) is -0.257. The number of nitro benzene ring substituents is 1. The van der Waals surface area contributed by atoms with E-state index in [-0.39, 0.29) is 17.6 Å². The standard InChI is InChI=1S/C18H15N3O3S/c1-12(14-7-3-2-4-8-14)20-17(22)16(19-18(20)25)11-13-6-5-9-15(10-13)21(23)24/h2-12H,1H3,(H,19,25)/b16-11-. The van der Waals surface area contributed by atoms with Crippen LogP contribution in [0.1, 0.15) is 24.1 Å². The zero-order chi connectivity index (χ0) is 18.0. The molecule has 0 radical (unpaired) electrons. The van der Waals surface area contributed by atoms with Crippen molar-refractivity contribution in [3.05, 3.63) is 81.5 Å². The number of nitro groups is 1. The summed E-state index contributed by atoms with van der Waals surface area (Å²) in [6.07, 6.45) is 1.57.